The van der Waals surface area contributed by atoms with E-state index >= 15 is 0 Å². The minimum Gasteiger partial charge on any atom is -0.311 e. The number of nitrogens with zero attached hydrogens (tertiary/aromatic N) is 4. The molecular weight excluding hydrogens is 419 g/mol. The zero-order chi connectivity index (χ0) is 20.8. The van der Waals surface area contributed by atoms with Crippen LogP contribution in [0.25, 0.3) is 0 Å². The number of carbonyl (C=O) groups excluding carboxylic acids is 1. The van der Waals surface area contributed by atoms with Crippen molar-refractivity contribution in [2.24, 2.45) is 10.9 Å². The van der Waals surface area contributed by atoms with Gasteiger partial charge in [-0.25, -0.2) is 9.67 Å². The Bertz CT molecular complexity index is 1170. The summed E-state index contributed by atoms with van der Waals surface area (Å²) in [6, 6.07) is 15.1. The highest BCUT2D eigenvalue weighted by molar-refractivity contribution is 6.42. The molecule has 2 aliphatic heterocycles. The molecule has 0 spiro atoms. The molecule has 30 heavy (non-hydrogen) atoms. The van der Waals surface area contributed by atoms with Gasteiger partial charge in [0.25, 0.3) is 0 Å². The topological polar surface area (TPSA) is 50.5 Å². The molecule has 0 saturated heterocycles. The third-order valence-corrected chi connectivity index (χ3v) is 6.64. The highest BCUT2D eigenvalue weighted by Gasteiger charge is 2.41. The largest absolute Gasteiger partial charge is 0.311 e. The van der Waals surface area contributed by atoms with Crippen LogP contribution in [0.3, 0.4) is 0 Å². The first kappa shape index (κ1) is 19.3. The third kappa shape index (κ3) is 3.13. The normalized spacial score (nSPS) is 20.4. The predicted octanol–water partition coefficient (Wildman–Crippen LogP) is 5.48. The molecule has 0 fully saturated rings. The number of para-hydroxylation sites is 1. The van der Waals surface area contributed by atoms with E-state index in [2.05, 4.69) is 16.2 Å². The molecule has 2 unspecified atom stereocenters. The zero-order valence-electron chi connectivity index (χ0n) is 16.4. The minimum atomic E-state index is -0.485. The Labute approximate surface area is 184 Å². The second kappa shape index (κ2) is 7.56. The van der Waals surface area contributed by atoms with Gasteiger partial charge in [0, 0.05) is 24.0 Å². The van der Waals surface area contributed by atoms with Crippen molar-refractivity contribution < 1.29 is 4.79 Å². The van der Waals surface area contributed by atoms with E-state index in [9.17, 15) is 4.79 Å². The summed E-state index contributed by atoms with van der Waals surface area (Å²) < 4.78 is 1.81. The summed E-state index contributed by atoms with van der Waals surface area (Å²) in [6.45, 7) is 2.61. The van der Waals surface area contributed by atoms with Gasteiger partial charge in [-0.2, -0.15) is 5.10 Å². The fourth-order valence-corrected chi connectivity index (χ4v) is 4.81. The summed E-state index contributed by atoms with van der Waals surface area (Å²) >= 11 is 12.5. The average molecular weight is 439 g/mol. The van der Waals surface area contributed by atoms with Gasteiger partial charge in [-0.15, -0.1) is 0 Å². The molecule has 2 aliphatic rings. The van der Waals surface area contributed by atoms with Gasteiger partial charge in [0.15, 0.2) is 5.82 Å². The molecule has 152 valence electrons. The highest BCUT2D eigenvalue weighted by Crippen LogP contribution is 2.40. The Hall–Kier alpha value is -2.63. The van der Waals surface area contributed by atoms with Crippen molar-refractivity contribution in [3.63, 3.8) is 0 Å². The molecule has 0 N–H and O–H groups in total. The van der Waals surface area contributed by atoms with Crippen LogP contribution in [-0.2, 0) is 11.2 Å². The minimum absolute atomic E-state index is 0.0284. The lowest BCUT2D eigenvalue weighted by Crippen LogP contribution is -2.46. The molecule has 1 aromatic heterocycles. The second-order valence-corrected chi connectivity index (χ2v) is 8.52. The molecule has 0 aliphatic carbocycles. The zero-order valence-corrected chi connectivity index (χ0v) is 17.9. The number of aromatic nitrogens is 2. The van der Waals surface area contributed by atoms with Crippen molar-refractivity contribution in [2.75, 3.05) is 11.4 Å². The van der Waals surface area contributed by atoms with Crippen LogP contribution >= 0.6 is 23.2 Å². The Kier molecular flexibility index (Phi) is 4.88. The van der Waals surface area contributed by atoms with Gasteiger partial charge >= 0.3 is 0 Å². The van der Waals surface area contributed by atoms with Crippen LogP contribution in [0.5, 0.6) is 0 Å². The van der Waals surface area contributed by atoms with Crippen molar-refractivity contribution in [1.29, 1.82) is 0 Å². The molecule has 2 atom stereocenters. The lowest BCUT2D eigenvalue weighted by atomic mass is 9.86. The summed E-state index contributed by atoms with van der Waals surface area (Å²) in [5.41, 5.74) is 3.84. The van der Waals surface area contributed by atoms with Crippen LogP contribution in [-0.4, -0.2) is 27.9 Å². The van der Waals surface area contributed by atoms with Crippen LogP contribution in [0.15, 0.2) is 59.7 Å². The Morgan fingerprint density at radius 3 is 2.77 bits per heavy atom. The first-order valence-electron chi connectivity index (χ1n) is 9.97. The van der Waals surface area contributed by atoms with Gasteiger partial charge < -0.3 is 4.90 Å². The number of rotatable bonds is 2. The van der Waals surface area contributed by atoms with Crippen LogP contribution in [0.1, 0.15) is 30.5 Å². The first-order valence-corrected chi connectivity index (χ1v) is 10.7. The number of fused-ring (bicyclic) bond motifs is 2. The monoisotopic (exact) mass is 438 g/mol. The van der Waals surface area contributed by atoms with Gasteiger partial charge in [-0.05, 0) is 49.1 Å². The van der Waals surface area contributed by atoms with Crippen molar-refractivity contribution in [2.45, 2.75) is 25.8 Å². The van der Waals surface area contributed by atoms with Crippen molar-refractivity contribution in [1.82, 2.24) is 9.78 Å². The molecule has 0 bridgehead atoms. The number of amides is 1. The van der Waals surface area contributed by atoms with Crippen molar-refractivity contribution in [3.8, 4) is 0 Å². The number of aryl methyl sites for hydroxylation is 1. The summed E-state index contributed by atoms with van der Waals surface area (Å²) in [5, 5.41) is 5.42. The Morgan fingerprint density at radius 1 is 1.10 bits per heavy atom. The molecule has 5 nitrogen and oxygen atoms in total. The molecule has 1 amide bonds. The number of hydrogen-bond acceptors (Lipinski definition) is 3. The van der Waals surface area contributed by atoms with Crippen LogP contribution in [0.4, 0.5) is 11.5 Å². The van der Waals surface area contributed by atoms with Gasteiger partial charge in [0.1, 0.15) is 5.92 Å². The van der Waals surface area contributed by atoms with E-state index in [1.807, 2.05) is 52.9 Å². The molecule has 5 rings (SSSR count). The smallest absolute Gasteiger partial charge is 0.238 e. The molecule has 7 heteroatoms. The summed E-state index contributed by atoms with van der Waals surface area (Å²) in [6.07, 6.45) is 3.63. The lowest BCUT2D eigenvalue weighted by molar-refractivity contribution is -0.121. The maximum atomic E-state index is 13.9. The molecule has 3 aromatic rings. The molecule has 0 saturated carbocycles. The maximum absolute atomic E-state index is 13.9. The molecular formula is C23H20Cl2N4O. The fraction of sp³-hybridized carbons (Fsp3) is 0.261. The van der Waals surface area contributed by atoms with E-state index in [4.69, 9.17) is 23.2 Å². The summed E-state index contributed by atoms with van der Waals surface area (Å²) in [7, 11) is 0. The van der Waals surface area contributed by atoms with E-state index < -0.39 is 5.92 Å². The standard InChI is InChI=1S/C23H20Cl2N4O/c1-14-21(23(30)28-12-4-6-15-5-2-3-7-19(15)28)22(29-20(27-14)10-11-26-29)16-8-9-17(24)18(25)13-16/h2-3,5,7-11,13,21-22H,4,6,12H2,1H3. The summed E-state index contributed by atoms with van der Waals surface area (Å²) in [5.74, 6) is 0.271. The fourth-order valence-electron chi connectivity index (χ4n) is 4.50. The number of anilines is 1. The van der Waals surface area contributed by atoms with E-state index in [0.29, 0.717) is 16.6 Å². The van der Waals surface area contributed by atoms with Crippen molar-refractivity contribution in [3.05, 3.63) is 75.9 Å². The molecule has 0 radical (unpaired) electrons. The van der Waals surface area contributed by atoms with Crippen LogP contribution < -0.4 is 4.90 Å². The van der Waals surface area contributed by atoms with E-state index in [1.165, 1.54) is 5.56 Å². The third-order valence-electron chi connectivity index (χ3n) is 5.90. The van der Waals surface area contributed by atoms with E-state index in [0.717, 1.165) is 35.6 Å². The predicted molar refractivity (Wildman–Crippen MR) is 120 cm³/mol. The number of carbonyl (C=O) groups is 1. The van der Waals surface area contributed by atoms with Gasteiger partial charge in [-0.3, -0.25) is 4.79 Å². The number of halogens is 2. The number of hydrogen-bond donors (Lipinski definition) is 0. The lowest BCUT2D eigenvalue weighted by Gasteiger charge is -2.37. The Morgan fingerprint density at radius 2 is 1.93 bits per heavy atom. The Balaban J connectivity index is 1.62. The maximum Gasteiger partial charge on any atom is 0.238 e. The SMILES string of the molecule is CC1=Nc2ccnn2C(c2ccc(Cl)c(Cl)c2)C1C(=O)N1CCCc2ccccc21. The quantitative estimate of drug-likeness (QED) is 0.531. The molecule has 2 aromatic carbocycles. The highest BCUT2D eigenvalue weighted by atomic mass is 35.5. The average Bonchev–Trinajstić information content (AvgIpc) is 3.22. The van der Waals surface area contributed by atoms with E-state index in [1.54, 1.807) is 12.3 Å². The van der Waals surface area contributed by atoms with Crippen LogP contribution in [0.2, 0.25) is 10.0 Å². The first-order chi connectivity index (χ1) is 14.5. The second-order valence-electron chi connectivity index (χ2n) is 7.71. The van der Waals surface area contributed by atoms with Crippen molar-refractivity contribution >= 4 is 46.3 Å². The van der Waals surface area contributed by atoms with Gasteiger partial charge in [0.05, 0.1) is 22.3 Å². The van der Waals surface area contributed by atoms with Gasteiger partial charge in [0.2, 0.25) is 5.91 Å². The summed E-state index contributed by atoms with van der Waals surface area (Å²) in [4.78, 5) is 20.5. The van der Waals surface area contributed by atoms with Gasteiger partial charge in [-0.1, -0.05) is 47.5 Å². The molecule has 3 heterocycles. The van der Waals surface area contributed by atoms with Crippen LogP contribution in [0, 0.1) is 5.92 Å². The number of aliphatic imine (C=N–C) groups is 1. The van der Waals surface area contributed by atoms with E-state index in [-0.39, 0.29) is 11.9 Å². The number of benzene rings is 2.